The normalized spacial score (nSPS) is 11.6. The van der Waals surface area contributed by atoms with Gasteiger partial charge in [0.2, 0.25) is 0 Å². The first-order valence-electron chi connectivity index (χ1n) is 5.45. The van der Waals surface area contributed by atoms with Crippen LogP contribution in [0.5, 0.6) is 0 Å². The molecule has 0 aliphatic rings. The van der Waals surface area contributed by atoms with Crippen molar-refractivity contribution in [3.8, 4) is 0 Å². The van der Waals surface area contributed by atoms with Gasteiger partial charge in [-0.2, -0.15) is 13.2 Å². The lowest BCUT2D eigenvalue weighted by molar-refractivity contribution is -0.254. The largest absolute Gasteiger partial charge is 0.544 e. The predicted molar refractivity (Wildman–Crippen MR) is 69.7 cm³/mol. The lowest BCUT2D eigenvalue weighted by atomic mass is 10.1. The highest BCUT2D eigenvalue weighted by Gasteiger charge is 2.30. The van der Waals surface area contributed by atoms with Gasteiger partial charge in [-0.1, -0.05) is 18.2 Å². The smallest absolute Gasteiger partial charge is 0.416 e. The van der Waals surface area contributed by atoms with Crippen molar-refractivity contribution in [1.29, 1.82) is 0 Å². The Hall–Kier alpha value is -1.47. The van der Waals surface area contributed by atoms with Gasteiger partial charge in [0.15, 0.2) is 0 Å². The summed E-state index contributed by atoms with van der Waals surface area (Å²) in [7, 11) is 0. The minimum absolute atomic E-state index is 0.0991. The zero-order valence-electron chi connectivity index (χ0n) is 9.94. The third kappa shape index (κ3) is 3.55. The molecule has 7 heteroatoms. The summed E-state index contributed by atoms with van der Waals surface area (Å²) in [5.74, 6) is -1.01. The van der Waals surface area contributed by atoms with E-state index in [4.69, 9.17) is 0 Å². The monoisotopic (exact) mass is 317 g/mol. The minimum atomic E-state index is -4.38. The highest BCUT2D eigenvalue weighted by atomic mass is 32.2. The molecule has 1 aromatic carbocycles. The zero-order chi connectivity index (χ0) is 14.8. The van der Waals surface area contributed by atoms with E-state index in [9.17, 15) is 23.1 Å². The Kier molecular flexibility index (Phi) is 4.39. The van der Waals surface area contributed by atoms with Crippen LogP contribution in [0.15, 0.2) is 40.6 Å². The first kappa shape index (κ1) is 14.9. The number of thiophene rings is 1. The van der Waals surface area contributed by atoms with Gasteiger partial charge < -0.3 is 9.90 Å². The molecule has 0 radical (unpaired) electrons. The van der Waals surface area contributed by atoms with E-state index in [1.807, 2.05) is 0 Å². The number of halogens is 3. The van der Waals surface area contributed by atoms with Crippen molar-refractivity contribution in [1.82, 2.24) is 0 Å². The van der Waals surface area contributed by atoms with Crippen LogP contribution in [0.2, 0.25) is 0 Å². The topological polar surface area (TPSA) is 40.1 Å². The number of aromatic carboxylic acids is 1. The molecule has 0 bridgehead atoms. The summed E-state index contributed by atoms with van der Waals surface area (Å²) in [6.07, 6.45) is -4.38. The minimum Gasteiger partial charge on any atom is -0.544 e. The van der Waals surface area contributed by atoms with Crippen LogP contribution in [0.25, 0.3) is 0 Å². The number of carboxylic acids is 1. The lowest BCUT2D eigenvalue weighted by Gasteiger charge is -2.09. The fourth-order valence-electron chi connectivity index (χ4n) is 1.56. The van der Waals surface area contributed by atoms with Crippen molar-refractivity contribution in [2.75, 3.05) is 0 Å². The first-order chi connectivity index (χ1) is 9.38. The quantitative estimate of drug-likeness (QED) is 0.811. The molecule has 0 saturated heterocycles. The number of hydrogen-bond donors (Lipinski definition) is 0. The van der Waals surface area contributed by atoms with E-state index in [0.29, 0.717) is 10.5 Å². The second-order valence-corrected chi connectivity index (χ2v) is 5.82. The van der Waals surface area contributed by atoms with Crippen LogP contribution in [-0.4, -0.2) is 5.97 Å². The molecule has 0 spiro atoms. The molecule has 0 unspecified atom stereocenters. The third-order valence-corrected chi connectivity index (χ3v) is 4.62. The molecule has 0 aliphatic carbocycles. The molecule has 0 atom stereocenters. The van der Waals surface area contributed by atoms with Gasteiger partial charge >= 0.3 is 6.18 Å². The number of carboxylic acid groups (broad SMARTS) is 1. The van der Waals surface area contributed by atoms with Crippen molar-refractivity contribution >= 4 is 29.1 Å². The van der Waals surface area contributed by atoms with Gasteiger partial charge in [-0.25, -0.2) is 0 Å². The van der Waals surface area contributed by atoms with Crippen molar-refractivity contribution in [2.45, 2.75) is 16.8 Å². The number of carbonyl (C=O) groups excluding carboxylic acids is 1. The molecular formula is C13H8F3O2S2-. The number of thioether (sulfide) groups is 1. The third-order valence-electron chi connectivity index (χ3n) is 2.46. The van der Waals surface area contributed by atoms with Gasteiger partial charge in [0.1, 0.15) is 0 Å². The summed E-state index contributed by atoms with van der Waals surface area (Å²) in [6, 6.07) is 6.61. The van der Waals surface area contributed by atoms with Gasteiger partial charge in [-0.3, -0.25) is 0 Å². The second kappa shape index (κ2) is 5.88. The molecule has 0 fully saturated rings. The Labute approximate surface area is 121 Å². The van der Waals surface area contributed by atoms with E-state index in [1.54, 1.807) is 17.5 Å². The van der Waals surface area contributed by atoms with Crippen LogP contribution in [0, 0.1) is 0 Å². The van der Waals surface area contributed by atoms with Gasteiger partial charge in [0.05, 0.1) is 16.4 Å². The van der Waals surface area contributed by atoms with Crippen LogP contribution in [0.1, 0.15) is 20.8 Å². The SMILES string of the molecule is O=C([O-])c1sccc1SCc1cccc(C(F)(F)F)c1. The molecule has 1 aromatic heterocycles. The van der Waals surface area contributed by atoms with E-state index < -0.39 is 17.7 Å². The molecule has 2 nitrogen and oxygen atoms in total. The van der Waals surface area contributed by atoms with E-state index in [2.05, 4.69) is 0 Å². The van der Waals surface area contributed by atoms with E-state index in [-0.39, 0.29) is 10.6 Å². The number of rotatable bonds is 4. The van der Waals surface area contributed by atoms with Crippen molar-refractivity contribution in [2.24, 2.45) is 0 Å². The van der Waals surface area contributed by atoms with Crippen molar-refractivity contribution < 1.29 is 23.1 Å². The van der Waals surface area contributed by atoms with Crippen LogP contribution < -0.4 is 5.11 Å². The molecule has 20 heavy (non-hydrogen) atoms. The number of benzene rings is 1. The van der Waals surface area contributed by atoms with Crippen molar-refractivity contribution in [3.05, 3.63) is 51.7 Å². The maximum atomic E-state index is 12.6. The molecule has 0 N–H and O–H groups in total. The van der Waals surface area contributed by atoms with Gasteiger partial charge in [-0.05, 0) is 23.1 Å². The van der Waals surface area contributed by atoms with E-state index >= 15 is 0 Å². The summed E-state index contributed by atoms with van der Waals surface area (Å²) in [6.45, 7) is 0. The summed E-state index contributed by atoms with van der Waals surface area (Å²) in [4.78, 5) is 11.4. The fraction of sp³-hybridized carbons (Fsp3) is 0.154. The molecule has 1 heterocycles. The highest BCUT2D eigenvalue weighted by molar-refractivity contribution is 7.98. The van der Waals surface area contributed by atoms with Crippen LogP contribution in [-0.2, 0) is 11.9 Å². The average Bonchev–Trinajstić information content (AvgIpc) is 2.84. The molecule has 106 valence electrons. The Morgan fingerprint density at radius 2 is 2.05 bits per heavy atom. The summed E-state index contributed by atoms with van der Waals surface area (Å²) < 4.78 is 37.7. The van der Waals surface area contributed by atoms with Crippen LogP contribution in [0.4, 0.5) is 13.2 Å². The number of alkyl halides is 3. The van der Waals surface area contributed by atoms with E-state index in [1.165, 1.54) is 17.8 Å². The molecule has 2 rings (SSSR count). The molecular weight excluding hydrogens is 309 g/mol. The Balaban J connectivity index is 2.11. The second-order valence-electron chi connectivity index (χ2n) is 3.89. The molecule has 0 saturated carbocycles. The predicted octanol–water partition coefficient (Wildman–Crippen LogP) is 3.42. The van der Waals surface area contributed by atoms with Gasteiger partial charge in [0, 0.05) is 10.6 Å². The summed E-state index contributed by atoms with van der Waals surface area (Å²) >= 11 is 2.21. The first-order valence-corrected chi connectivity index (χ1v) is 7.32. The maximum absolute atomic E-state index is 12.6. The summed E-state index contributed by atoms with van der Waals surface area (Å²) in [5.41, 5.74) is -0.221. The maximum Gasteiger partial charge on any atom is 0.416 e. The molecule has 0 amide bonds. The Morgan fingerprint density at radius 1 is 1.30 bits per heavy atom. The van der Waals surface area contributed by atoms with Crippen LogP contribution >= 0.6 is 23.1 Å². The summed E-state index contributed by atoms with van der Waals surface area (Å²) in [5, 5.41) is 12.4. The molecule has 2 aromatic rings. The van der Waals surface area contributed by atoms with E-state index in [0.717, 1.165) is 23.5 Å². The highest BCUT2D eigenvalue weighted by Crippen LogP contribution is 2.33. The fourth-order valence-corrected chi connectivity index (χ4v) is 3.47. The Morgan fingerprint density at radius 3 is 2.70 bits per heavy atom. The lowest BCUT2D eigenvalue weighted by Crippen LogP contribution is -2.21. The zero-order valence-corrected chi connectivity index (χ0v) is 11.6. The molecule has 0 aliphatic heterocycles. The van der Waals surface area contributed by atoms with Crippen molar-refractivity contribution in [3.63, 3.8) is 0 Å². The van der Waals surface area contributed by atoms with Crippen LogP contribution in [0.3, 0.4) is 0 Å². The number of carbonyl (C=O) groups is 1. The van der Waals surface area contributed by atoms with Gasteiger partial charge in [0.25, 0.3) is 0 Å². The average molecular weight is 317 g/mol. The standard InChI is InChI=1S/C13H9F3O2S2/c14-13(15,16)9-3-1-2-8(6-9)7-20-10-4-5-19-11(10)12(17)18/h1-6H,7H2,(H,17,18)/p-1. The number of hydrogen-bond acceptors (Lipinski definition) is 4. The van der Waals surface area contributed by atoms with Gasteiger partial charge in [-0.15, -0.1) is 23.1 Å². The Bertz CT molecular complexity index is 620.